The molecule has 0 aliphatic heterocycles. The second kappa shape index (κ2) is 5.84. The van der Waals surface area contributed by atoms with Crippen LogP contribution in [0.3, 0.4) is 0 Å². The number of hydrogen-bond acceptors (Lipinski definition) is 2. The van der Waals surface area contributed by atoms with Crippen LogP contribution in [-0.4, -0.2) is 29.9 Å². The average molecular weight is 295 g/mol. The molecule has 2 rings (SSSR count). The minimum absolute atomic E-state index is 0.281. The maximum absolute atomic E-state index is 13.1. The topological polar surface area (TPSA) is 29.5 Å². The van der Waals surface area contributed by atoms with Crippen LogP contribution in [0.2, 0.25) is 0 Å². The summed E-state index contributed by atoms with van der Waals surface area (Å²) in [5.41, 5.74) is 1.85. The minimum atomic E-state index is -2.66. The van der Waals surface area contributed by atoms with Crippen molar-refractivity contribution in [3.63, 3.8) is 0 Å². The molecule has 114 valence electrons. The fourth-order valence-electron chi connectivity index (χ4n) is 2.58. The quantitative estimate of drug-likeness (QED) is 0.780. The Kier molecular flexibility index (Phi) is 4.30. The van der Waals surface area contributed by atoms with Gasteiger partial charge in [0.25, 0.3) is 5.92 Å². The second-order valence-corrected chi connectivity index (χ2v) is 5.45. The molecule has 0 spiro atoms. The Balaban J connectivity index is 2.17. The van der Waals surface area contributed by atoms with E-state index in [0.717, 1.165) is 11.1 Å². The summed E-state index contributed by atoms with van der Waals surface area (Å²) in [6.07, 6.45) is 0.606. The Morgan fingerprint density at radius 3 is 2.67 bits per heavy atom. The summed E-state index contributed by atoms with van der Waals surface area (Å²) in [5.74, 6) is -2.29. The lowest BCUT2D eigenvalue weighted by Gasteiger charge is -2.42. The lowest BCUT2D eigenvalue weighted by atomic mass is 9.86. The minimum Gasteiger partial charge on any atom is -0.497 e. The molecule has 5 heteroatoms. The maximum Gasteiger partial charge on any atom is 0.252 e. The van der Waals surface area contributed by atoms with Crippen LogP contribution in [0.1, 0.15) is 24.0 Å². The standard InChI is InChI=1S/C16H19F2NO2/c1-4-15(20)19(13-8-16(17,18)9-13)10-12-5-11(2)6-14(7-12)21-3/h4-7,13H,1,8-10H2,2-3H3. The second-order valence-electron chi connectivity index (χ2n) is 5.45. The molecule has 0 N–H and O–H groups in total. The van der Waals surface area contributed by atoms with Gasteiger partial charge in [-0.25, -0.2) is 8.78 Å². The van der Waals surface area contributed by atoms with Gasteiger partial charge >= 0.3 is 0 Å². The zero-order valence-corrected chi connectivity index (χ0v) is 12.2. The molecule has 0 aromatic heterocycles. The maximum atomic E-state index is 13.1. The predicted molar refractivity (Wildman–Crippen MR) is 76.4 cm³/mol. The van der Waals surface area contributed by atoms with Crippen molar-refractivity contribution < 1.29 is 18.3 Å². The molecule has 0 bridgehead atoms. The number of alkyl halides is 2. The summed E-state index contributed by atoms with van der Waals surface area (Å²) in [6, 6.07) is 5.17. The number of rotatable bonds is 5. The van der Waals surface area contributed by atoms with E-state index < -0.39 is 12.0 Å². The van der Waals surface area contributed by atoms with Crippen molar-refractivity contribution in [3.8, 4) is 5.75 Å². The van der Waals surface area contributed by atoms with E-state index >= 15 is 0 Å². The van der Waals surface area contributed by atoms with Gasteiger partial charge in [-0.15, -0.1) is 0 Å². The highest BCUT2D eigenvalue weighted by molar-refractivity contribution is 5.87. The first-order valence-corrected chi connectivity index (χ1v) is 6.80. The van der Waals surface area contributed by atoms with Crippen molar-refractivity contribution in [3.05, 3.63) is 42.0 Å². The van der Waals surface area contributed by atoms with E-state index in [4.69, 9.17) is 4.74 Å². The van der Waals surface area contributed by atoms with Crippen LogP contribution in [0.15, 0.2) is 30.9 Å². The third kappa shape index (κ3) is 3.60. The third-order valence-corrected chi connectivity index (χ3v) is 3.67. The summed E-state index contributed by atoms with van der Waals surface area (Å²) in [7, 11) is 1.57. The molecule has 0 saturated heterocycles. The molecule has 0 heterocycles. The molecule has 1 aliphatic carbocycles. The van der Waals surface area contributed by atoms with E-state index in [1.54, 1.807) is 7.11 Å². The van der Waals surface area contributed by atoms with Crippen molar-refractivity contribution in [2.75, 3.05) is 7.11 Å². The Bertz CT molecular complexity index is 549. The molecule has 0 atom stereocenters. The number of carbonyl (C=O) groups is 1. The van der Waals surface area contributed by atoms with Crippen molar-refractivity contribution in [1.29, 1.82) is 0 Å². The van der Waals surface area contributed by atoms with Crippen LogP contribution >= 0.6 is 0 Å². The summed E-state index contributed by atoms with van der Waals surface area (Å²) in [4.78, 5) is 13.4. The van der Waals surface area contributed by atoms with Gasteiger partial charge in [0, 0.05) is 25.4 Å². The average Bonchev–Trinajstić information content (AvgIpc) is 2.40. The predicted octanol–water partition coefficient (Wildman–Crippen LogP) is 3.32. The number of benzene rings is 1. The highest BCUT2D eigenvalue weighted by atomic mass is 19.3. The van der Waals surface area contributed by atoms with Crippen molar-refractivity contribution in [1.82, 2.24) is 4.90 Å². The van der Waals surface area contributed by atoms with Gasteiger partial charge in [-0.2, -0.15) is 0 Å². The number of methoxy groups -OCH3 is 1. The number of nitrogens with zero attached hydrogens (tertiary/aromatic N) is 1. The van der Waals surface area contributed by atoms with Crippen LogP contribution < -0.4 is 4.74 Å². The number of halogens is 2. The lowest BCUT2D eigenvalue weighted by Crippen LogP contribution is -2.52. The fraction of sp³-hybridized carbons (Fsp3) is 0.438. The fourth-order valence-corrected chi connectivity index (χ4v) is 2.58. The van der Waals surface area contributed by atoms with E-state index in [9.17, 15) is 13.6 Å². The molecular formula is C16H19F2NO2. The van der Waals surface area contributed by atoms with E-state index in [2.05, 4.69) is 6.58 Å². The van der Waals surface area contributed by atoms with E-state index in [-0.39, 0.29) is 25.3 Å². The van der Waals surface area contributed by atoms with Gasteiger partial charge in [0.05, 0.1) is 7.11 Å². The zero-order chi connectivity index (χ0) is 15.6. The van der Waals surface area contributed by atoms with Crippen molar-refractivity contribution in [2.24, 2.45) is 0 Å². The molecule has 3 nitrogen and oxygen atoms in total. The van der Waals surface area contributed by atoms with Crippen LogP contribution in [0.4, 0.5) is 8.78 Å². The van der Waals surface area contributed by atoms with Crippen LogP contribution in [-0.2, 0) is 11.3 Å². The molecule has 0 unspecified atom stereocenters. The smallest absolute Gasteiger partial charge is 0.252 e. The largest absolute Gasteiger partial charge is 0.497 e. The summed E-state index contributed by atoms with van der Waals surface area (Å²) in [6.45, 7) is 5.65. The first-order valence-electron chi connectivity index (χ1n) is 6.80. The van der Waals surface area contributed by atoms with Crippen molar-refractivity contribution in [2.45, 2.75) is 38.3 Å². The SMILES string of the molecule is C=CC(=O)N(Cc1cc(C)cc(OC)c1)C1CC(F)(F)C1. The monoisotopic (exact) mass is 295 g/mol. The van der Waals surface area contributed by atoms with Crippen molar-refractivity contribution >= 4 is 5.91 Å². The molecule has 1 fully saturated rings. The highest BCUT2D eigenvalue weighted by Gasteiger charge is 2.48. The Labute approximate surface area is 123 Å². The summed E-state index contributed by atoms with van der Waals surface area (Å²) in [5, 5.41) is 0. The molecule has 21 heavy (non-hydrogen) atoms. The number of amides is 1. The number of hydrogen-bond donors (Lipinski definition) is 0. The van der Waals surface area contributed by atoms with Gasteiger partial charge < -0.3 is 9.64 Å². The Morgan fingerprint density at radius 2 is 2.14 bits per heavy atom. The van der Waals surface area contributed by atoms with Gasteiger partial charge in [0.15, 0.2) is 0 Å². The highest BCUT2D eigenvalue weighted by Crippen LogP contribution is 2.41. The summed E-state index contributed by atoms with van der Waals surface area (Å²) < 4.78 is 31.3. The molecule has 1 aliphatic rings. The normalized spacial score (nSPS) is 17.0. The summed E-state index contributed by atoms with van der Waals surface area (Å²) >= 11 is 0. The first-order chi connectivity index (χ1) is 9.84. The van der Waals surface area contributed by atoms with Gasteiger partial charge in [0.2, 0.25) is 5.91 Å². The van der Waals surface area contributed by atoms with E-state index in [1.807, 2.05) is 25.1 Å². The number of ether oxygens (including phenoxy) is 1. The molecular weight excluding hydrogens is 276 g/mol. The van der Waals surface area contributed by atoms with Crippen LogP contribution in [0, 0.1) is 6.92 Å². The van der Waals surface area contributed by atoms with Gasteiger partial charge in [-0.3, -0.25) is 4.79 Å². The molecule has 1 amide bonds. The van der Waals surface area contributed by atoms with E-state index in [0.29, 0.717) is 5.75 Å². The van der Waals surface area contributed by atoms with Crippen LogP contribution in [0.5, 0.6) is 5.75 Å². The van der Waals surface area contributed by atoms with Gasteiger partial charge in [0.1, 0.15) is 5.75 Å². The van der Waals surface area contributed by atoms with Gasteiger partial charge in [-0.05, 0) is 36.3 Å². The zero-order valence-electron chi connectivity index (χ0n) is 12.2. The molecule has 1 aromatic rings. The van der Waals surface area contributed by atoms with Crippen LogP contribution in [0.25, 0.3) is 0 Å². The number of aryl methyl sites for hydroxylation is 1. The molecule has 1 saturated carbocycles. The number of carbonyl (C=O) groups excluding carboxylic acids is 1. The third-order valence-electron chi connectivity index (χ3n) is 3.67. The van der Waals surface area contributed by atoms with Gasteiger partial charge in [-0.1, -0.05) is 12.6 Å². The Morgan fingerprint density at radius 1 is 1.48 bits per heavy atom. The molecule has 0 radical (unpaired) electrons. The lowest BCUT2D eigenvalue weighted by molar-refractivity contribution is -0.150. The Hall–Kier alpha value is -1.91. The first kappa shape index (κ1) is 15.5. The molecule has 1 aromatic carbocycles. The van der Waals surface area contributed by atoms with E-state index in [1.165, 1.54) is 11.0 Å².